The summed E-state index contributed by atoms with van der Waals surface area (Å²) in [5, 5.41) is 11.0. The van der Waals surface area contributed by atoms with Gasteiger partial charge in [0, 0.05) is 13.1 Å². The first-order chi connectivity index (χ1) is 9.63. The van der Waals surface area contributed by atoms with E-state index in [9.17, 15) is 9.59 Å². The molecule has 1 rings (SSSR count). The molecule has 1 aromatic carbocycles. The van der Waals surface area contributed by atoms with Crippen LogP contribution in [0.25, 0.3) is 0 Å². The number of carboxylic acid groups (broad SMARTS) is 1. The van der Waals surface area contributed by atoms with Crippen molar-refractivity contribution in [3.8, 4) is 0 Å². The Labute approximate surface area is 119 Å². The van der Waals surface area contributed by atoms with E-state index in [1.807, 2.05) is 30.3 Å². The monoisotopic (exact) mass is 278 g/mol. The van der Waals surface area contributed by atoms with Crippen molar-refractivity contribution in [3.63, 3.8) is 0 Å². The van der Waals surface area contributed by atoms with Gasteiger partial charge in [-0.25, -0.2) is 4.79 Å². The quantitative estimate of drug-likeness (QED) is 0.718. The zero-order valence-electron chi connectivity index (χ0n) is 11.8. The van der Waals surface area contributed by atoms with Crippen LogP contribution in [0.5, 0.6) is 0 Å². The summed E-state index contributed by atoms with van der Waals surface area (Å²) in [6.07, 6.45) is 3.05. The SMILES string of the molecule is CCCCCN(Cc1ccccc1)C(=O)NCC(=O)O. The molecule has 5 heteroatoms. The summed E-state index contributed by atoms with van der Waals surface area (Å²) >= 11 is 0. The third kappa shape index (κ3) is 6.22. The number of carbonyl (C=O) groups is 2. The molecule has 0 saturated heterocycles. The zero-order chi connectivity index (χ0) is 14.8. The van der Waals surface area contributed by atoms with Crippen molar-refractivity contribution in [1.82, 2.24) is 10.2 Å². The van der Waals surface area contributed by atoms with Gasteiger partial charge in [0.15, 0.2) is 0 Å². The van der Waals surface area contributed by atoms with Crippen LogP contribution >= 0.6 is 0 Å². The highest BCUT2D eigenvalue weighted by Gasteiger charge is 2.14. The number of nitrogens with zero attached hydrogens (tertiary/aromatic N) is 1. The number of hydrogen-bond donors (Lipinski definition) is 2. The molecule has 5 nitrogen and oxygen atoms in total. The Hall–Kier alpha value is -2.04. The summed E-state index contributed by atoms with van der Waals surface area (Å²) in [6, 6.07) is 9.36. The summed E-state index contributed by atoms with van der Waals surface area (Å²) in [5.41, 5.74) is 1.04. The van der Waals surface area contributed by atoms with Gasteiger partial charge in [-0.2, -0.15) is 0 Å². The molecule has 0 heterocycles. The van der Waals surface area contributed by atoms with Crippen molar-refractivity contribution in [2.45, 2.75) is 32.7 Å². The van der Waals surface area contributed by atoms with Gasteiger partial charge < -0.3 is 15.3 Å². The van der Waals surface area contributed by atoms with E-state index in [1.54, 1.807) is 4.90 Å². The van der Waals surface area contributed by atoms with Gasteiger partial charge in [-0.05, 0) is 12.0 Å². The molecular weight excluding hydrogens is 256 g/mol. The van der Waals surface area contributed by atoms with E-state index < -0.39 is 5.97 Å². The number of rotatable bonds is 8. The van der Waals surface area contributed by atoms with Crippen LogP contribution in [0.15, 0.2) is 30.3 Å². The maximum absolute atomic E-state index is 12.0. The second-order valence-corrected chi connectivity index (χ2v) is 4.67. The number of urea groups is 1. The lowest BCUT2D eigenvalue weighted by Crippen LogP contribution is -2.42. The predicted molar refractivity (Wildman–Crippen MR) is 77.4 cm³/mol. The Morgan fingerprint density at radius 2 is 1.90 bits per heavy atom. The van der Waals surface area contributed by atoms with Crippen molar-refractivity contribution in [2.24, 2.45) is 0 Å². The summed E-state index contributed by atoms with van der Waals surface area (Å²) in [5.74, 6) is -1.04. The standard InChI is InChI=1S/C15H22N2O3/c1-2-3-7-10-17(15(20)16-11-14(18)19)12-13-8-5-4-6-9-13/h4-6,8-9H,2-3,7,10-12H2,1H3,(H,16,20)(H,18,19). The van der Waals surface area contributed by atoms with Crippen LogP contribution in [0.4, 0.5) is 4.79 Å². The van der Waals surface area contributed by atoms with Gasteiger partial charge in [0.2, 0.25) is 0 Å². The smallest absolute Gasteiger partial charge is 0.323 e. The molecule has 20 heavy (non-hydrogen) atoms. The van der Waals surface area contributed by atoms with E-state index in [1.165, 1.54) is 0 Å². The molecule has 0 atom stereocenters. The highest BCUT2D eigenvalue weighted by atomic mass is 16.4. The topological polar surface area (TPSA) is 69.6 Å². The van der Waals surface area contributed by atoms with E-state index in [0.29, 0.717) is 13.1 Å². The summed E-state index contributed by atoms with van der Waals surface area (Å²) in [7, 11) is 0. The van der Waals surface area contributed by atoms with Crippen molar-refractivity contribution >= 4 is 12.0 Å². The van der Waals surface area contributed by atoms with Gasteiger partial charge in [-0.3, -0.25) is 4.79 Å². The first kappa shape index (κ1) is 16.0. The molecule has 0 spiro atoms. The maximum Gasteiger partial charge on any atom is 0.323 e. The third-order valence-electron chi connectivity index (χ3n) is 2.93. The van der Waals surface area contributed by atoms with Crippen LogP contribution in [-0.2, 0) is 11.3 Å². The summed E-state index contributed by atoms with van der Waals surface area (Å²) < 4.78 is 0. The largest absolute Gasteiger partial charge is 0.480 e. The Balaban J connectivity index is 2.59. The number of amides is 2. The first-order valence-corrected chi connectivity index (χ1v) is 6.92. The van der Waals surface area contributed by atoms with E-state index in [2.05, 4.69) is 12.2 Å². The van der Waals surface area contributed by atoms with Crippen LogP contribution in [0.1, 0.15) is 31.7 Å². The fourth-order valence-electron chi connectivity index (χ4n) is 1.87. The number of nitrogens with one attached hydrogen (secondary N) is 1. The summed E-state index contributed by atoms with van der Waals surface area (Å²) in [4.78, 5) is 24.2. The second kappa shape index (κ2) is 8.96. The molecule has 110 valence electrons. The number of unbranched alkanes of at least 4 members (excludes halogenated alkanes) is 2. The molecule has 0 aliphatic heterocycles. The molecule has 0 bridgehead atoms. The number of aliphatic carboxylic acids is 1. The number of benzene rings is 1. The van der Waals surface area contributed by atoms with Gasteiger partial charge >= 0.3 is 12.0 Å². The van der Waals surface area contributed by atoms with Gasteiger partial charge in [0.05, 0.1) is 0 Å². The summed E-state index contributed by atoms with van der Waals surface area (Å²) in [6.45, 7) is 2.88. The Morgan fingerprint density at radius 1 is 1.20 bits per heavy atom. The highest BCUT2D eigenvalue weighted by molar-refractivity contribution is 5.79. The fraction of sp³-hybridized carbons (Fsp3) is 0.467. The maximum atomic E-state index is 12.0. The van der Waals surface area contributed by atoms with Crippen LogP contribution in [0.2, 0.25) is 0 Å². The molecule has 0 aliphatic rings. The minimum Gasteiger partial charge on any atom is -0.480 e. The normalized spacial score (nSPS) is 10.1. The van der Waals surface area contributed by atoms with Gasteiger partial charge in [-0.15, -0.1) is 0 Å². The predicted octanol–water partition coefficient (Wildman–Crippen LogP) is 2.47. The van der Waals surface area contributed by atoms with Crippen molar-refractivity contribution in [2.75, 3.05) is 13.1 Å². The van der Waals surface area contributed by atoms with Crippen LogP contribution in [-0.4, -0.2) is 35.1 Å². The molecule has 0 radical (unpaired) electrons. The molecule has 0 unspecified atom stereocenters. The number of carbonyl (C=O) groups excluding carboxylic acids is 1. The Morgan fingerprint density at radius 3 is 2.50 bits per heavy atom. The minimum atomic E-state index is -1.04. The Kier molecular flexibility index (Phi) is 7.17. The average Bonchev–Trinajstić information content (AvgIpc) is 2.45. The fourth-order valence-corrected chi connectivity index (χ4v) is 1.87. The molecule has 2 N–H and O–H groups in total. The molecule has 0 aromatic heterocycles. The van der Waals surface area contributed by atoms with Gasteiger partial charge in [0.25, 0.3) is 0 Å². The first-order valence-electron chi connectivity index (χ1n) is 6.92. The van der Waals surface area contributed by atoms with Crippen molar-refractivity contribution in [1.29, 1.82) is 0 Å². The van der Waals surface area contributed by atoms with E-state index >= 15 is 0 Å². The van der Waals surface area contributed by atoms with Gasteiger partial charge in [-0.1, -0.05) is 50.1 Å². The van der Waals surface area contributed by atoms with Gasteiger partial charge in [0.1, 0.15) is 6.54 Å². The van der Waals surface area contributed by atoms with Crippen molar-refractivity contribution in [3.05, 3.63) is 35.9 Å². The minimum absolute atomic E-state index is 0.327. The molecule has 0 fully saturated rings. The average molecular weight is 278 g/mol. The molecule has 1 aromatic rings. The molecule has 2 amide bonds. The highest BCUT2D eigenvalue weighted by Crippen LogP contribution is 2.07. The molecule has 0 saturated carbocycles. The van der Waals surface area contributed by atoms with E-state index in [0.717, 1.165) is 24.8 Å². The zero-order valence-corrected chi connectivity index (χ0v) is 11.8. The second-order valence-electron chi connectivity index (χ2n) is 4.67. The lowest BCUT2D eigenvalue weighted by Gasteiger charge is -2.23. The Bertz CT molecular complexity index is 420. The van der Waals surface area contributed by atoms with Crippen LogP contribution in [0.3, 0.4) is 0 Å². The lowest BCUT2D eigenvalue weighted by atomic mass is 10.2. The molecular formula is C15H22N2O3. The molecule has 0 aliphatic carbocycles. The van der Waals surface area contributed by atoms with Crippen LogP contribution in [0, 0.1) is 0 Å². The number of hydrogen-bond acceptors (Lipinski definition) is 2. The third-order valence-corrected chi connectivity index (χ3v) is 2.93. The van der Waals surface area contributed by atoms with Crippen molar-refractivity contribution < 1.29 is 14.7 Å². The lowest BCUT2D eigenvalue weighted by molar-refractivity contribution is -0.135. The van der Waals surface area contributed by atoms with E-state index in [4.69, 9.17) is 5.11 Å². The van der Waals surface area contributed by atoms with Crippen LogP contribution < -0.4 is 5.32 Å². The van der Waals surface area contributed by atoms with E-state index in [-0.39, 0.29) is 12.6 Å². The number of carboxylic acids is 1.